The molecule has 2 fully saturated rings. The topological polar surface area (TPSA) is 65.1 Å². The van der Waals surface area contributed by atoms with E-state index in [-0.39, 0.29) is 18.2 Å². The van der Waals surface area contributed by atoms with Gasteiger partial charge in [-0.3, -0.25) is 4.79 Å². The maximum atomic E-state index is 12.2. The molecule has 0 aromatic rings. The van der Waals surface area contributed by atoms with Gasteiger partial charge in [0.2, 0.25) is 0 Å². The number of rotatable bonds is 5. The Hall–Kier alpha value is -1.30. The van der Waals surface area contributed by atoms with Gasteiger partial charge in [0.05, 0.1) is 25.7 Å². The first-order valence-corrected chi connectivity index (χ1v) is 9.98. The Balaban J connectivity index is 1.68. The number of nitrogens with zero attached hydrogens (tertiary/aromatic N) is 1. The quantitative estimate of drug-likeness (QED) is 0.687. The second kappa shape index (κ2) is 9.07. The van der Waals surface area contributed by atoms with E-state index < -0.39 is 5.60 Å². The summed E-state index contributed by atoms with van der Waals surface area (Å²) in [5.74, 6) is -0.186. The van der Waals surface area contributed by atoms with Crippen LogP contribution in [0.1, 0.15) is 72.6 Å². The van der Waals surface area contributed by atoms with Crippen LogP contribution >= 0.6 is 0 Å². The minimum Gasteiger partial charge on any atom is -0.466 e. The Kier molecular flexibility index (Phi) is 7.33. The zero-order chi connectivity index (χ0) is 19.2. The minimum atomic E-state index is -0.439. The van der Waals surface area contributed by atoms with Crippen molar-refractivity contribution in [2.45, 2.75) is 84.3 Å². The molecule has 0 atom stereocenters. The van der Waals surface area contributed by atoms with Crippen molar-refractivity contribution in [1.29, 1.82) is 0 Å². The van der Waals surface area contributed by atoms with Gasteiger partial charge in [0.25, 0.3) is 0 Å². The Labute approximate surface area is 157 Å². The summed E-state index contributed by atoms with van der Waals surface area (Å²) in [6.07, 6.45) is 6.83. The van der Waals surface area contributed by atoms with Crippen molar-refractivity contribution in [3.05, 3.63) is 0 Å². The number of hydrogen-bond acceptors (Lipinski definition) is 5. The van der Waals surface area contributed by atoms with Crippen molar-refractivity contribution in [2.24, 2.45) is 5.41 Å². The van der Waals surface area contributed by atoms with Gasteiger partial charge in [-0.25, -0.2) is 4.79 Å². The van der Waals surface area contributed by atoms with Gasteiger partial charge in [-0.2, -0.15) is 0 Å². The summed E-state index contributed by atoms with van der Waals surface area (Å²) in [6, 6.07) is 0. The Bertz CT molecular complexity index is 467. The molecule has 0 unspecified atom stereocenters. The summed E-state index contributed by atoms with van der Waals surface area (Å²) in [4.78, 5) is 25.4. The van der Waals surface area contributed by atoms with Crippen LogP contribution in [0.2, 0.25) is 0 Å². The molecule has 6 nitrogen and oxygen atoms in total. The number of carbonyl (C=O) groups excluding carboxylic acids is 2. The standard InChI is InChI=1S/C20H35NO5/c1-5-24-17(22)8-15-25-16-6-9-20(10-7-16)11-13-21(14-12-20)18(23)26-19(2,3)4/h16H,5-15H2,1-4H3. The molecule has 150 valence electrons. The summed E-state index contributed by atoms with van der Waals surface area (Å²) in [6.45, 7) is 9.95. The van der Waals surface area contributed by atoms with E-state index in [0.29, 0.717) is 25.0 Å². The SMILES string of the molecule is CCOC(=O)CCOC1CCC2(CC1)CCN(C(=O)OC(C)(C)C)CC2. The van der Waals surface area contributed by atoms with Crippen LogP contribution in [0.3, 0.4) is 0 Å². The van der Waals surface area contributed by atoms with Crippen LogP contribution in [0.5, 0.6) is 0 Å². The maximum Gasteiger partial charge on any atom is 0.410 e. The molecule has 1 saturated carbocycles. The van der Waals surface area contributed by atoms with Crippen molar-refractivity contribution in [3.63, 3.8) is 0 Å². The average Bonchev–Trinajstić information content (AvgIpc) is 2.56. The van der Waals surface area contributed by atoms with Crippen LogP contribution in [0.25, 0.3) is 0 Å². The smallest absolute Gasteiger partial charge is 0.410 e. The van der Waals surface area contributed by atoms with E-state index in [0.717, 1.165) is 51.6 Å². The predicted octanol–water partition coefficient (Wildman–Crippen LogP) is 3.92. The van der Waals surface area contributed by atoms with E-state index in [1.807, 2.05) is 32.6 Å². The fourth-order valence-electron chi connectivity index (χ4n) is 3.90. The number of amides is 1. The van der Waals surface area contributed by atoms with Crippen LogP contribution < -0.4 is 0 Å². The van der Waals surface area contributed by atoms with Crippen LogP contribution in [0.15, 0.2) is 0 Å². The predicted molar refractivity (Wildman–Crippen MR) is 98.9 cm³/mol. The van der Waals surface area contributed by atoms with Gasteiger partial charge < -0.3 is 19.1 Å². The highest BCUT2D eigenvalue weighted by Crippen LogP contribution is 2.45. The first kappa shape index (κ1) is 21.0. The summed E-state index contributed by atoms with van der Waals surface area (Å²) in [5, 5.41) is 0. The van der Waals surface area contributed by atoms with Gasteiger partial charge in [0.15, 0.2) is 0 Å². The van der Waals surface area contributed by atoms with Gasteiger partial charge in [0.1, 0.15) is 5.60 Å². The number of esters is 1. The molecule has 26 heavy (non-hydrogen) atoms. The molecule has 0 aromatic carbocycles. The number of carbonyl (C=O) groups is 2. The summed E-state index contributed by atoms with van der Waals surface area (Å²) < 4.78 is 16.3. The van der Waals surface area contributed by atoms with Crippen molar-refractivity contribution in [3.8, 4) is 0 Å². The first-order valence-electron chi connectivity index (χ1n) is 9.98. The monoisotopic (exact) mass is 369 g/mol. The van der Waals surface area contributed by atoms with Gasteiger partial charge in [-0.05, 0) is 71.6 Å². The minimum absolute atomic E-state index is 0.186. The third kappa shape index (κ3) is 6.45. The second-order valence-electron chi connectivity index (χ2n) is 8.59. The van der Waals surface area contributed by atoms with E-state index in [2.05, 4.69) is 0 Å². The van der Waals surface area contributed by atoms with Crippen LogP contribution in [0, 0.1) is 5.41 Å². The van der Waals surface area contributed by atoms with E-state index in [9.17, 15) is 9.59 Å². The van der Waals surface area contributed by atoms with Gasteiger partial charge in [0, 0.05) is 13.1 Å². The lowest BCUT2D eigenvalue weighted by atomic mass is 9.67. The van der Waals surface area contributed by atoms with Crippen molar-refractivity contribution in [1.82, 2.24) is 4.90 Å². The molecule has 2 aliphatic rings. The number of piperidine rings is 1. The highest BCUT2D eigenvalue weighted by molar-refractivity contribution is 5.69. The molecule has 0 bridgehead atoms. The molecule has 1 amide bonds. The third-order valence-corrected chi connectivity index (χ3v) is 5.43. The lowest BCUT2D eigenvalue weighted by Crippen LogP contribution is -2.46. The number of hydrogen-bond donors (Lipinski definition) is 0. The number of ether oxygens (including phenoxy) is 3. The zero-order valence-electron chi connectivity index (χ0n) is 16.8. The van der Waals surface area contributed by atoms with Crippen LogP contribution in [-0.4, -0.2) is 55.0 Å². The second-order valence-corrected chi connectivity index (χ2v) is 8.59. The van der Waals surface area contributed by atoms with E-state index >= 15 is 0 Å². The van der Waals surface area contributed by atoms with Gasteiger partial charge in [-0.1, -0.05) is 0 Å². The molecule has 0 aromatic heterocycles. The molecule has 2 rings (SSSR count). The lowest BCUT2D eigenvalue weighted by Gasteiger charge is -2.45. The number of likely N-dealkylation sites (tertiary alicyclic amines) is 1. The van der Waals surface area contributed by atoms with Crippen molar-refractivity contribution < 1.29 is 23.8 Å². The van der Waals surface area contributed by atoms with E-state index in [1.54, 1.807) is 0 Å². The van der Waals surface area contributed by atoms with E-state index in [1.165, 1.54) is 0 Å². The molecular formula is C20H35NO5. The Morgan fingerprint density at radius 2 is 1.69 bits per heavy atom. The molecule has 0 N–H and O–H groups in total. The fourth-order valence-corrected chi connectivity index (χ4v) is 3.90. The third-order valence-electron chi connectivity index (χ3n) is 5.43. The molecule has 1 spiro atoms. The molecular weight excluding hydrogens is 334 g/mol. The lowest BCUT2D eigenvalue weighted by molar-refractivity contribution is -0.145. The zero-order valence-corrected chi connectivity index (χ0v) is 16.8. The normalized spacial score (nSPS) is 20.8. The molecule has 6 heteroatoms. The maximum absolute atomic E-state index is 12.2. The molecule has 1 heterocycles. The Morgan fingerprint density at radius 3 is 2.23 bits per heavy atom. The van der Waals surface area contributed by atoms with Crippen molar-refractivity contribution >= 4 is 12.1 Å². The molecule has 1 aliphatic carbocycles. The highest BCUT2D eigenvalue weighted by Gasteiger charge is 2.39. The van der Waals surface area contributed by atoms with Crippen LogP contribution in [-0.2, 0) is 19.0 Å². The fraction of sp³-hybridized carbons (Fsp3) is 0.900. The first-order chi connectivity index (χ1) is 12.2. The summed E-state index contributed by atoms with van der Waals surface area (Å²) in [5.41, 5.74) is -0.0926. The molecule has 0 radical (unpaired) electrons. The largest absolute Gasteiger partial charge is 0.466 e. The average molecular weight is 370 g/mol. The van der Waals surface area contributed by atoms with Crippen molar-refractivity contribution in [2.75, 3.05) is 26.3 Å². The molecule has 1 saturated heterocycles. The van der Waals surface area contributed by atoms with Gasteiger partial charge in [-0.15, -0.1) is 0 Å². The summed E-state index contributed by atoms with van der Waals surface area (Å²) in [7, 11) is 0. The van der Waals surface area contributed by atoms with E-state index in [4.69, 9.17) is 14.2 Å². The molecule has 1 aliphatic heterocycles. The Morgan fingerprint density at radius 1 is 1.08 bits per heavy atom. The highest BCUT2D eigenvalue weighted by atomic mass is 16.6. The van der Waals surface area contributed by atoms with Crippen LogP contribution in [0.4, 0.5) is 4.79 Å². The van der Waals surface area contributed by atoms with Gasteiger partial charge >= 0.3 is 12.1 Å². The summed E-state index contributed by atoms with van der Waals surface area (Å²) >= 11 is 0.